The Hall–Kier alpha value is -2.96. The second kappa shape index (κ2) is 9.67. The highest BCUT2D eigenvalue weighted by atomic mass is 16.5. The number of likely N-dealkylation sites (tertiary alicyclic amines) is 1. The van der Waals surface area contributed by atoms with Gasteiger partial charge in [-0.3, -0.25) is 14.9 Å². The van der Waals surface area contributed by atoms with Crippen molar-refractivity contribution in [3.05, 3.63) is 78.0 Å². The van der Waals surface area contributed by atoms with Crippen LogP contribution in [0.4, 0.5) is 0 Å². The van der Waals surface area contributed by atoms with E-state index in [4.69, 9.17) is 4.74 Å². The van der Waals surface area contributed by atoms with E-state index in [9.17, 15) is 0 Å². The van der Waals surface area contributed by atoms with Gasteiger partial charge in [0.15, 0.2) is 5.96 Å². The number of pyridine rings is 1. The first-order chi connectivity index (χ1) is 15.8. The predicted molar refractivity (Wildman–Crippen MR) is 129 cm³/mol. The molecule has 3 aromatic rings. The van der Waals surface area contributed by atoms with Gasteiger partial charge >= 0.3 is 0 Å². The van der Waals surface area contributed by atoms with Gasteiger partial charge in [0.25, 0.3) is 0 Å². The summed E-state index contributed by atoms with van der Waals surface area (Å²) in [5.41, 5.74) is 3.71. The van der Waals surface area contributed by atoms with Gasteiger partial charge in [-0.05, 0) is 23.6 Å². The molecule has 1 N–H and O–H groups in total. The van der Waals surface area contributed by atoms with E-state index in [0.29, 0.717) is 6.04 Å². The molecule has 0 amide bonds. The molecule has 5 rings (SSSR count). The monoisotopic (exact) mass is 429 g/mol. The zero-order chi connectivity index (χ0) is 21.8. The van der Waals surface area contributed by atoms with Crippen LogP contribution >= 0.6 is 0 Å². The standard InChI is InChI=1S/C26H31N5O/c1-27-26(29-14-12-22-10-5-9-21-11-6-13-28-25(21)22)31-18-23-24(19-31)32-16-15-30(23)17-20-7-3-2-4-8-20/h2-11,13,23-24H,12,14-19H2,1H3,(H,27,29). The van der Waals surface area contributed by atoms with Crippen LogP contribution in [0.5, 0.6) is 0 Å². The topological polar surface area (TPSA) is 53.0 Å². The van der Waals surface area contributed by atoms with Crippen LogP contribution in [-0.2, 0) is 17.7 Å². The van der Waals surface area contributed by atoms with E-state index in [1.807, 2.05) is 19.3 Å². The molecular formula is C26H31N5O. The third-order valence-corrected chi connectivity index (χ3v) is 6.55. The summed E-state index contributed by atoms with van der Waals surface area (Å²) in [6.45, 7) is 5.38. The molecule has 2 unspecified atom stereocenters. The number of fused-ring (bicyclic) bond motifs is 2. The van der Waals surface area contributed by atoms with Crippen molar-refractivity contribution >= 4 is 16.9 Å². The first kappa shape index (κ1) is 20.9. The first-order valence-electron chi connectivity index (χ1n) is 11.5. The van der Waals surface area contributed by atoms with E-state index in [0.717, 1.165) is 57.2 Å². The van der Waals surface area contributed by atoms with Crippen LogP contribution in [0.25, 0.3) is 10.9 Å². The number of ether oxygens (including phenoxy) is 1. The third-order valence-electron chi connectivity index (χ3n) is 6.55. The van der Waals surface area contributed by atoms with Crippen LogP contribution in [0.3, 0.4) is 0 Å². The van der Waals surface area contributed by atoms with Gasteiger partial charge in [-0.1, -0.05) is 54.6 Å². The molecule has 2 saturated heterocycles. The number of aliphatic imine (C=N–C) groups is 1. The Morgan fingerprint density at radius 3 is 2.84 bits per heavy atom. The molecule has 0 saturated carbocycles. The average molecular weight is 430 g/mol. The second-order valence-corrected chi connectivity index (χ2v) is 8.55. The number of para-hydroxylation sites is 1. The smallest absolute Gasteiger partial charge is 0.193 e. The van der Waals surface area contributed by atoms with Gasteiger partial charge in [0, 0.05) is 51.4 Å². The summed E-state index contributed by atoms with van der Waals surface area (Å²) < 4.78 is 6.14. The summed E-state index contributed by atoms with van der Waals surface area (Å²) in [5, 5.41) is 4.76. The number of hydrogen-bond donors (Lipinski definition) is 1. The number of benzene rings is 2. The normalized spacial score (nSPS) is 21.7. The summed E-state index contributed by atoms with van der Waals surface area (Å²) in [4.78, 5) is 14.1. The van der Waals surface area contributed by atoms with Crippen molar-refractivity contribution in [3.63, 3.8) is 0 Å². The Bertz CT molecular complexity index is 1060. The Balaban J connectivity index is 1.20. The Labute approximate surface area is 189 Å². The second-order valence-electron chi connectivity index (χ2n) is 8.55. The van der Waals surface area contributed by atoms with Crippen LogP contribution in [0.2, 0.25) is 0 Å². The molecular weight excluding hydrogens is 398 g/mol. The van der Waals surface area contributed by atoms with Gasteiger partial charge in [0.2, 0.25) is 0 Å². The Morgan fingerprint density at radius 2 is 1.97 bits per heavy atom. The minimum Gasteiger partial charge on any atom is -0.373 e. The number of rotatable bonds is 5. The zero-order valence-electron chi connectivity index (χ0n) is 18.7. The van der Waals surface area contributed by atoms with E-state index in [-0.39, 0.29) is 6.10 Å². The fourth-order valence-corrected chi connectivity index (χ4v) is 4.96. The molecule has 3 heterocycles. The maximum Gasteiger partial charge on any atom is 0.193 e. The summed E-state index contributed by atoms with van der Waals surface area (Å²) in [7, 11) is 1.87. The molecule has 0 bridgehead atoms. The quantitative estimate of drug-likeness (QED) is 0.499. The van der Waals surface area contributed by atoms with Gasteiger partial charge in [-0.2, -0.15) is 0 Å². The fourth-order valence-electron chi connectivity index (χ4n) is 4.96. The Kier molecular flexibility index (Phi) is 6.32. The first-order valence-corrected chi connectivity index (χ1v) is 11.5. The number of hydrogen-bond acceptors (Lipinski definition) is 4. The van der Waals surface area contributed by atoms with Crippen LogP contribution in [0.15, 0.2) is 71.9 Å². The molecule has 32 heavy (non-hydrogen) atoms. The van der Waals surface area contributed by atoms with Gasteiger partial charge in [0.05, 0.1) is 24.3 Å². The highest BCUT2D eigenvalue weighted by molar-refractivity contribution is 5.82. The molecule has 0 aliphatic carbocycles. The molecule has 2 atom stereocenters. The molecule has 2 fully saturated rings. The third kappa shape index (κ3) is 4.47. The maximum absolute atomic E-state index is 6.14. The van der Waals surface area contributed by atoms with Crippen molar-refractivity contribution in [2.45, 2.75) is 25.1 Å². The van der Waals surface area contributed by atoms with E-state index in [1.54, 1.807) is 0 Å². The summed E-state index contributed by atoms with van der Waals surface area (Å²) in [6.07, 6.45) is 3.00. The van der Waals surface area contributed by atoms with E-state index in [1.165, 1.54) is 16.5 Å². The van der Waals surface area contributed by atoms with Gasteiger partial charge in [-0.25, -0.2) is 0 Å². The molecule has 166 valence electrons. The lowest BCUT2D eigenvalue weighted by Gasteiger charge is -2.36. The fraction of sp³-hybridized carbons (Fsp3) is 0.385. The van der Waals surface area contributed by atoms with Crippen LogP contribution in [-0.4, -0.2) is 72.7 Å². The minimum atomic E-state index is 0.230. The summed E-state index contributed by atoms with van der Waals surface area (Å²) in [6, 6.07) is 21.6. The van der Waals surface area contributed by atoms with Crippen molar-refractivity contribution in [2.75, 3.05) is 39.8 Å². The molecule has 6 nitrogen and oxygen atoms in total. The lowest BCUT2D eigenvalue weighted by molar-refractivity contribution is -0.0502. The van der Waals surface area contributed by atoms with Crippen molar-refractivity contribution in [3.8, 4) is 0 Å². The number of morpholine rings is 1. The molecule has 0 spiro atoms. The maximum atomic E-state index is 6.14. The van der Waals surface area contributed by atoms with Crippen LogP contribution in [0.1, 0.15) is 11.1 Å². The van der Waals surface area contributed by atoms with Gasteiger partial charge in [-0.15, -0.1) is 0 Å². The van der Waals surface area contributed by atoms with E-state index in [2.05, 4.69) is 79.7 Å². The number of aromatic nitrogens is 1. The highest BCUT2D eigenvalue weighted by Crippen LogP contribution is 2.25. The molecule has 0 radical (unpaired) electrons. The van der Waals surface area contributed by atoms with Crippen molar-refractivity contribution in [2.24, 2.45) is 4.99 Å². The van der Waals surface area contributed by atoms with Crippen molar-refractivity contribution in [1.82, 2.24) is 20.1 Å². The average Bonchev–Trinajstić information content (AvgIpc) is 3.28. The molecule has 1 aromatic heterocycles. The number of guanidine groups is 1. The SMILES string of the molecule is CN=C(NCCc1cccc2cccnc12)N1CC2OCCN(Cc3ccccc3)C2C1. The van der Waals surface area contributed by atoms with Crippen molar-refractivity contribution < 1.29 is 4.74 Å². The Morgan fingerprint density at radius 1 is 1.09 bits per heavy atom. The highest BCUT2D eigenvalue weighted by Gasteiger charge is 2.41. The minimum absolute atomic E-state index is 0.230. The lowest BCUT2D eigenvalue weighted by Crippen LogP contribution is -2.50. The zero-order valence-corrected chi connectivity index (χ0v) is 18.7. The van der Waals surface area contributed by atoms with Gasteiger partial charge in [0.1, 0.15) is 0 Å². The lowest BCUT2D eigenvalue weighted by atomic mass is 10.1. The van der Waals surface area contributed by atoms with Crippen LogP contribution < -0.4 is 5.32 Å². The van der Waals surface area contributed by atoms with Crippen LogP contribution in [0, 0.1) is 0 Å². The molecule has 2 aliphatic rings. The largest absolute Gasteiger partial charge is 0.373 e. The number of nitrogens with one attached hydrogen (secondary N) is 1. The summed E-state index contributed by atoms with van der Waals surface area (Å²) >= 11 is 0. The van der Waals surface area contributed by atoms with Crippen molar-refractivity contribution in [1.29, 1.82) is 0 Å². The van der Waals surface area contributed by atoms with E-state index >= 15 is 0 Å². The van der Waals surface area contributed by atoms with Gasteiger partial charge < -0.3 is 15.0 Å². The molecule has 2 aromatic carbocycles. The summed E-state index contributed by atoms with van der Waals surface area (Å²) in [5.74, 6) is 0.954. The molecule has 2 aliphatic heterocycles. The number of nitrogens with zero attached hydrogens (tertiary/aromatic N) is 4. The predicted octanol–water partition coefficient (Wildman–Crippen LogP) is 2.94. The van der Waals surface area contributed by atoms with E-state index < -0.39 is 0 Å². The molecule has 6 heteroatoms.